The molecule has 0 aliphatic rings. The summed E-state index contributed by atoms with van der Waals surface area (Å²) in [5.41, 5.74) is 1.86. The Morgan fingerprint density at radius 3 is 2.93 bits per heavy atom. The second-order valence-electron chi connectivity index (χ2n) is 3.12. The van der Waals surface area contributed by atoms with Crippen molar-refractivity contribution in [3.05, 3.63) is 35.9 Å². The van der Waals surface area contributed by atoms with E-state index in [1.54, 1.807) is 24.2 Å². The summed E-state index contributed by atoms with van der Waals surface area (Å²) in [5, 5.41) is 4.63. The molecule has 0 spiro atoms. The van der Waals surface area contributed by atoms with E-state index in [2.05, 4.69) is 5.10 Å². The monoisotopic (exact) mass is 224 g/mol. The van der Waals surface area contributed by atoms with E-state index >= 15 is 0 Å². The van der Waals surface area contributed by atoms with Crippen molar-refractivity contribution in [2.45, 2.75) is 0 Å². The van der Waals surface area contributed by atoms with Gasteiger partial charge in [-0.2, -0.15) is 5.10 Å². The van der Waals surface area contributed by atoms with Gasteiger partial charge in [0.05, 0.1) is 11.8 Å². The number of hydrogen-bond donors (Lipinski definition) is 0. The third kappa shape index (κ3) is 1.80. The van der Waals surface area contributed by atoms with Crippen molar-refractivity contribution < 1.29 is 9.57 Å². The van der Waals surface area contributed by atoms with E-state index in [9.17, 15) is 0 Å². The Bertz CT molecular complexity index is 481. The van der Waals surface area contributed by atoms with Crippen LogP contribution in [-0.2, 0) is 7.05 Å². The first kappa shape index (κ1) is 9.98. The zero-order chi connectivity index (χ0) is 10.8. The van der Waals surface area contributed by atoms with Gasteiger partial charge in [-0.1, -0.05) is 0 Å². The van der Waals surface area contributed by atoms with Crippen LogP contribution in [0.5, 0.6) is 0 Å². The molecule has 5 heteroatoms. The van der Waals surface area contributed by atoms with Crippen molar-refractivity contribution in [1.82, 2.24) is 9.78 Å². The van der Waals surface area contributed by atoms with Crippen LogP contribution in [0.1, 0.15) is 0 Å². The molecule has 15 heavy (non-hydrogen) atoms. The van der Waals surface area contributed by atoms with Crippen LogP contribution in [0.4, 0.5) is 0 Å². The molecule has 78 valence electrons. The average Bonchev–Trinajstić information content (AvgIpc) is 2.65. The van der Waals surface area contributed by atoms with Crippen LogP contribution in [0.15, 0.2) is 30.7 Å². The third-order valence-electron chi connectivity index (χ3n) is 2.11. The molecule has 0 saturated heterocycles. The van der Waals surface area contributed by atoms with Crippen LogP contribution in [0.25, 0.3) is 11.1 Å². The van der Waals surface area contributed by atoms with Gasteiger partial charge < -0.3 is 0 Å². The maximum Gasteiger partial charge on any atom is 0.333 e. The van der Waals surface area contributed by atoms with Gasteiger partial charge in [0.2, 0.25) is 6.20 Å². The summed E-state index contributed by atoms with van der Waals surface area (Å²) in [4.78, 5) is 5.07. The van der Waals surface area contributed by atoms with E-state index in [0.29, 0.717) is 5.15 Å². The minimum Gasteiger partial charge on any atom is -0.275 e. The zero-order valence-corrected chi connectivity index (χ0v) is 9.27. The van der Waals surface area contributed by atoms with Crippen molar-refractivity contribution in [2.24, 2.45) is 7.05 Å². The lowest BCUT2D eigenvalue weighted by Crippen LogP contribution is -2.41. The van der Waals surface area contributed by atoms with Crippen molar-refractivity contribution in [2.75, 3.05) is 7.11 Å². The predicted molar refractivity (Wildman–Crippen MR) is 56.4 cm³/mol. The highest BCUT2D eigenvalue weighted by atomic mass is 35.5. The van der Waals surface area contributed by atoms with Gasteiger partial charge in [0.25, 0.3) is 0 Å². The molecule has 0 amide bonds. The van der Waals surface area contributed by atoms with E-state index in [-0.39, 0.29) is 0 Å². The van der Waals surface area contributed by atoms with Crippen LogP contribution >= 0.6 is 11.6 Å². The largest absolute Gasteiger partial charge is 0.333 e. The van der Waals surface area contributed by atoms with Gasteiger partial charge in [0.15, 0.2) is 0 Å². The minimum atomic E-state index is 0.535. The molecule has 0 bridgehead atoms. The molecular formula is C10H11ClN3O+. The Morgan fingerprint density at radius 1 is 1.53 bits per heavy atom. The summed E-state index contributed by atoms with van der Waals surface area (Å²) < 4.78 is 3.24. The zero-order valence-electron chi connectivity index (χ0n) is 8.51. The van der Waals surface area contributed by atoms with Crippen molar-refractivity contribution in [1.29, 1.82) is 0 Å². The molecule has 0 aliphatic carbocycles. The number of hydrogen-bond acceptors (Lipinski definition) is 2. The summed E-state index contributed by atoms with van der Waals surface area (Å²) in [6.45, 7) is 0. The maximum atomic E-state index is 6.15. The fourth-order valence-electron chi connectivity index (χ4n) is 1.39. The lowest BCUT2D eigenvalue weighted by atomic mass is 10.2. The van der Waals surface area contributed by atoms with Crippen LogP contribution in [-0.4, -0.2) is 16.9 Å². The molecule has 0 atom stereocenters. The molecule has 2 heterocycles. The van der Waals surface area contributed by atoms with Gasteiger partial charge in [-0.15, -0.1) is 0 Å². The van der Waals surface area contributed by atoms with E-state index in [1.165, 1.54) is 4.73 Å². The number of rotatable bonds is 2. The molecule has 0 radical (unpaired) electrons. The van der Waals surface area contributed by atoms with Crippen molar-refractivity contribution in [3.8, 4) is 11.1 Å². The van der Waals surface area contributed by atoms with Crippen LogP contribution in [0, 0.1) is 0 Å². The molecule has 2 aromatic rings. The maximum absolute atomic E-state index is 6.15. The summed E-state index contributed by atoms with van der Waals surface area (Å²) in [6, 6.07) is 3.80. The molecule has 0 aliphatic heterocycles. The summed E-state index contributed by atoms with van der Waals surface area (Å²) in [7, 11) is 3.43. The van der Waals surface area contributed by atoms with E-state index in [0.717, 1.165) is 11.1 Å². The summed E-state index contributed by atoms with van der Waals surface area (Å²) >= 11 is 6.15. The molecule has 0 fully saturated rings. The summed E-state index contributed by atoms with van der Waals surface area (Å²) in [5.74, 6) is 0. The lowest BCUT2D eigenvalue weighted by Gasteiger charge is -1.98. The highest BCUT2D eigenvalue weighted by Gasteiger charge is 2.16. The predicted octanol–water partition coefficient (Wildman–Crippen LogP) is 1.09. The number of aryl methyl sites for hydroxylation is 1. The highest BCUT2D eigenvalue weighted by molar-refractivity contribution is 6.31. The Hall–Kier alpha value is -1.55. The minimum absolute atomic E-state index is 0.535. The van der Waals surface area contributed by atoms with Crippen molar-refractivity contribution in [3.63, 3.8) is 0 Å². The van der Waals surface area contributed by atoms with Gasteiger partial charge in [-0.3, -0.25) is 9.52 Å². The van der Waals surface area contributed by atoms with Gasteiger partial charge in [0, 0.05) is 29.6 Å². The molecule has 2 rings (SSSR count). The Kier molecular flexibility index (Phi) is 2.60. The topological polar surface area (TPSA) is 30.9 Å². The van der Waals surface area contributed by atoms with E-state index in [1.807, 2.05) is 25.4 Å². The molecule has 0 aromatic carbocycles. The number of halogens is 1. The van der Waals surface area contributed by atoms with E-state index < -0.39 is 0 Å². The SMILES string of the molecule is CO[n+]1cccc(-c2cnn(C)c2)c1Cl. The Balaban J connectivity index is 2.53. The normalized spacial score (nSPS) is 10.3. The molecule has 0 saturated carbocycles. The van der Waals surface area contributed by atoms with Crippen LogP contribution in [0.3, 0.4) is 0 Å². The first-order valence-electron chi connectivity index (χ1n) is 4.46. The van der Waals surface area contributed by atoms with Crippen LogP contribution < -0.4 is 9.57 Å². The Morgan fingerprint density at radius 2 is 2.33 bits per heavy atom. The number of pyridine rings is 1. The fourth-order valence-corrected chi connectivity index (χ4v) is 1.68. The lowest BCUT2D eigenvalue weighted by molar-refractivity contribution is -0.883. The van der Waals surface area contributed by atoms with Gasteiger partial charge in [0.1, 0.15) is 7.11 Å². The molecule has 4 nitrogen and oxygen atoms in total. The highest BCUT2D eigenvalue weighted by Crippen LogP contribution is 2.23. The first-order valence-corrected chi connectivity index (χ1v) is 4.84. The van der Waals surface area contributed by atoms with Crippen LogP contribution in [0.2, 0.25) is 5.15 Å². The number of nitrogens with zero attached hydrogens (tertiary/aromatic N) is 3. The smallest absolute Gasteiger partial charge is 0.275 e. The second-order valence-corrected chi connectivity index (χ2v) is 3.48. The molecule has 2 aromatic heterocycles. The van der Waals surface area contributed by atoms with E-state index in [4.69, 9.17) is 16.4 Å². The average molecular weight is 225 g/mol. The molecule has 0 unspecified atom stereocenters. The molecular weight excluding hydrogens is 214 g/mol. The number of aromatic nitrogens is 3. The fraction of sp³-hybridized carbons (Fsp3) is 0.200. The third-order valence-corrected chi connectivity index (χ3v) is 2.48. The summed E-state index contributed by atoms with van der Waals surface area (Å²) in [6.07, 6.45) is 5.42. The molecule has 0 N–H and O–H groups in total. The van der Waals surface area contributed by atoms with Gasteiger partial charge >= 0.3 is 5.15 Å². The van der Waals surface area contributed by atoms with Gasteiger partial charge in [-0.25, -0.2) is 0 Å². The second kappa shape index (κ2) is 3.90. The first-order chi connectivity index (χ1) is 7.22. The van der Waals surface area contributed by atoms with Gasteiger partial charge in [-0.05, 0) is 17.7 Å². The van der Waals surface area contributed by atoms with Crippen molar-refractivity contribution >= 4 is 11.6 Å². The quantitative estimate of drug-likeness (QED) is 0.565. The standard InChI is InChI=1S/C10H11ClN3O/c1-13-7-8(6-12-13)9-4-3-5-14(15-2)10(9)11/h3-7H,1-2H3/q+1. The Labute approximate surface area is 92.6 Å².